The van der Waals surface area contributed by atoms with Crippen LogP contribution in [0.15, 0.2) is 48.5 Å². The topological polar surface area (TPSA) is 75.6 Å². The van der Waals surface area contributed by atoms with E-state index in [0.29, 0.717) is 5.56 Å². The molecule has 0 aliphatic heterocycles. The molecule has 5 heteroatoms. The zero-order valence-corrected chi connectivity index (χ0v) is 14.5. The van der Waals surface area contributed by atoms with E-state index in [1.165, 1.54) is 7.11 Å². The molecule has 1 atom stereocenters. The van der Waals surface area contributed by atoms with Gasteiger partial charge in [-0.15, -0.1) is 0 Å². The minimum Gasteiger partial charge on any atom is -0.478 e. The molecule has 5 nitrogen and oxygen atoms in total. The first kappa shape index (κ1) is 18.5. The van der Waals surface area contributed by atoms with Gasteiger partial charge in [-0.3, -0.25) is 0 Å². The van der Waals surface area contributed by atoms with Crippen LogP contribution >= 0.6 is 0 Å². The summed E-state index contributed by atoms with van der Waals surface area (Å²) < 4.78 is 4.73. The van der Waals surface area contributed by atoms with Crippen molar-refractivity contribution in [3.05, 3.63) is 65.2 Å². The summed E-state index contributed by atoms with van der Waals surface area (Å²) >= 11 is 0. The van der Waals surface area contributed by atoms with Crippen LogP contribution in [0.3, 0.4) is 0 Å². The number of aromatic carboxylic acids is 1. The summed E-state index contributed by atoms with van der Waals surface area (Å²) in [6.07, 6.45) is 3.08. The molecule has 0 aliphatic rings. The van der Waals surface area contributed by atoms with Crippen LogP contribution < -0.4 is 5.32 Å². The Bertz CT molecular complexity index is 707. The first-order valence-electron chi connectivity index (χ1n) is 8.33. The molecule has 0 fully saturated rings. The maximum Gasteiger partial charge on any atom is 0.337 e. The van der Waals surface area contributed by atoms with Crippen molar-refractivity contribution in [2.45, 2.75) is 32.2 Å². The van der Waals surface area contributed by atoms with Crippen LogP contribution in [0.2, 0.25) is 0 Å². The number of unbranched alkanes of at least 4 members (excludes halogenated alkanes) is 1. The second kappa shape index (κ2) is 8.87. The Kier molecular flexibility index (Phi) is 6.57. The van der Waals surface area contributed by atoms with Crippen molar-refractivity contribution in [3.8, 4) is 0 Å². The van der Waals surface area contributed by atoms with Gasteiger partial charge in [0.25, 0.3) is 0 Å². The molecule has 0 spiro atoms. The number of benzene rings is 2. The van der Waals surface area contributed by atoms with Crippen LogP contribution in [0.25, 0.3) is 0 Å². The highest BCUT2D eigenvalue weighted by atomic mass is 16.5. The summed E-state index contributed by atoms with van der Waals surface area (Å²) in [6.45, 7) is 2.14. The van der Waals surface area contributed by atoms with Gasteiger partial charge < -0.3 is 15.2 Å². The van der Waals surface area contributed by atoms with Crippen molar-refractivity contribution in [1.29, 1.82) is 0 Å². The maximum atomic E-state index is 11.6. The van der Waals surface area contributed by atoms with Gasteiger partial charge in [-0.2, -0.15) is 0 Å². The van der Waals surface area contributed by atoms with E-state index in [2.05, 4.69) is 12.2 Å². The Morgan fingerprint density at radius 1 is 1.04 bits per heavy atom. The van der Waals surface area contributed by atoms with Gasteiger partial charge in [-0.05, 0) is 48.4 Å². The van der Waals surface area contributed by atoms with E-state index >= 15 is 0 Å². The summed E-state index contributed by atoms with van der Waals surface area (Å²) in [5, 5.41) is 12.4. The summed E-state index contributed by atoms with van der Waals surface area (Å²) in [5.74, 6) is -1.29. The quantitative estimate of drug-likeness (QED) is 0.691. The van der Waals surface area contributed by atoms with E-state index in [1.54, 1.807) is 36.4 Å². The lowest BCUT2D eigenvalue weighted by Gasteiger charge is -2.21. The number of hydrogen-bond acceptors (Lipinski definition) is 4. The third-order valence-electron chi connectivity index (χ3n) is 4.05. The van der Waals surface area contributed by atoms with Crippen LogP contribution in [0.1, 0.15) is 58.5 Å². The number of nitrogens with one attached hydrogen (secondary N) is 1. The fraction of sp³-hybridized carbons (Fsp3) is 0.300. The molecule has 1 unspecified atom stereocenters. The molecule has 25 heavy (non-hydrogen) atoms. The predicted molar refractivity (Wildman–Crippen MR) is 97.1 cm³/mol. The molecule has 0 saturated carbocycles. The highest BCUT2D eigenvalue weighted by Crippen LogP contribution is 2.25. The molecule has 0 bridgehead atoms. The Morgan fingerprint density at radius 3 is 2.16 bits per heavy atom. The van der Waals surface area contributed by atoms with Gasteiger partial charge in [0.2, 0.25) is 0 Å². The Labute approximate surface area is 147 Å². The van der Waals surface area contributed by atoms with Gasteiger partial charge >= 0.3 is 11.9 Å². The van der Waals surface area contributed by atoms with Crippen LogP contribution in [0, 0.1) is 0 Å². The van der Waals surface area contributed by atoms with Crippen LogP contribution in [0.4, 0.5) is 5.69 Å². The summed E-state index contributed by atoms with van der Waals surface area (Å²) in [6, 6.07) is 14.2. The third kappa shape index (κ3) is 5.08. The molecule has 0 amide bonds. The van der Waals surface area contributed by atoms with E-state index in [1.807, 2.05) is 12.1 Å². The molecule has 2 N–H and O–H groups in total. The number of carboxylic acids is 1. The van der Waals surface area contributed by atoms with Crippen molar-refractivity contribution in [1.82, 2.24) is 0 Å². The highest BCUT2D eigenvalue weighted by molar-refractivity contribution is 5.89. The minimum absolute atomic E-state index is 0.0855. The van der Waals surface area contributed by atoms with E-state index in [0.717, 1.165) is 30.5 Å². The summed E-state index contributed by atoms with van der Waals surface area (Å²) in [4.78, 5) is 22.5. The molecule has 132 valence electrons. The van der Waals surface area contributed by atoms with E-state index < -0.39 is 5.97 Å². The van der Waals surface area contributed by atoms with E-state index in [9.17, 15) is 9.59 Å². The fourth-order valence-electron chi connectivity index (χ4n) is 2.61. The van der Waals surface area contributed by atoms with Crippen molar-refractivity contribution >= 4 is 17.6 Å². The number of carbonyl (C=O) groups is 2. The Balaban J connectivity index is 2.17. The van der Waals surface area contributed by atoms with Crippen LogP contribution in [-0.4, -0.2) is 24.2 Å². The van der Waals surface area contributed by atoms with Crippen molar-refractivity contribution in [3.63, 3.8) is 0 Å². The van der Waals surface area contributed by atoms with Gasteiger partial charge in [0.1, 0.15) is 0 Å². The SMILES string of the molecule is CCCCC(Nc1ccc(C(=O)O)cc1)c1ccc(C(=O)OC)cc1. The Hall–Kier alpha value is -2.82. The van der Waals surface area contributed by atoms with E-state index in [-0.39, 0.29) is 17.6 Å². The number of esters is 1. The van der Waals surface area contributed by atoms with Gasteiger partial charge in [0.05, 0.1) is 24.3 Å². The molecule has 0 saturated heterocycles. The molecular formula is C20H23NO4. The zero-order valence-electron chi connectivity index (χ0n) is 14.5. The molecule has 0 radical (unpaired) electrons. The number of rotatable bonds is 8. The van der Waals surface area contributed by atoms with Crippen molar-refractivity contribution in [2.75, 3.05) is 12.4 Å². The number of hydrogen-bond donors (Lipinski definition) is 2. The fourth-order valence-corrected chi connectivity index (χ4v) is 2.61. The lowest BCUT2D eigenvalue weighted by molar-refractivity contribution is 0.0599. The monoisotopic (exact) mass is 341 g/mol. The standard InChI is InChI=1S/C20H23NO4/c1-3-4-5-18(14-6-8-16(9-7-14)20(24)25-2)21-17-12-10-15(11-13-17)19(22)23/h6-13,18,21H,3-5H2,1-2H3,(H,22,23). The number of anilines is 1. The second-order valence-electron chi connectivity index (χ2n) is 5.84. The largest absolute Gasteiger partial charge is 0.478 e. The van der Waals surface area contributed by atoms with Crippen molar-refractivity contribution < 1.29 is 19.4 Å². The maximum absolute atomic E-state index is 11.6. The van der Waals surface area contributed by atoms with Crippen molar-refractivity contribution in [2.24, 2.45) is 0 Å². The average Bonchev–Trinajstić information content (AvgIpc) is 2.65. The highest BCUT2D eigenvalue weighted by Gasteiger charge is 2.13. The lowest BCUT2D eigenvalue weighted by Crippen LogP contribution is -2.11. The molecule has 2 aromatic rings. The molecule has 0 heterocycles. The number of carbonyl (C=O) groups excluding carboxylic acids is 1. The minimum atomic E-state index is -0.938. The number of methoxy groups -OCH3 is 1. The molecule has 2 rings (SSSR count). The summed E-state index contributed by atoms with van der Waals surface area (Å²) in [7, 11) is 1.36. The third-order valence-corrected chi connectivity index (χ3v) is 4.05. The van der Waals surface area contributed by atoms with Crippen LogP contribution in [0.5, 0.6) is 0 Å². The van der Waals surface area contributed by atoms with Gasteiger partial charge in [-0.25, -0.2) is 9.59 Å². The van der Waals surface area contributed by atoms with Gasteiger partial charge in [0, 0.05) is 5.69 Å². The predicted octanol–water partition coefficient (Wildman–Crippen LogP) is 4.51. The molecular weight excluding hydrogens is 318 g/mol. The normalized spacial score (nSPS) is 11.6. The first-order chi connectivity index (χ1) is 12.0. The second-order valence-corrected chi connectivity index (χ2v) is 5.84. The molecule has 2 aromatic carbocycles. The number of ether oxygens (including phenoxy) is 1. The average molecular weight is 341 g/mol. The van der Waals surface area contributed by atoms with Gasteiger partial charge in [0.15, 0.2) is 0 Å². The lowest BCUT2D eigenvalue weighted by atomic mass is 9.99. The smallest absolute Gasteiger partial charge is 0.337 e. The van der Waals surface area contributed by atoms with E-state index in [4.69, 9.17) is 9.84 Å². The Morgan fingerprint density at radius 2 is 1.64 bits per heavy atom. The molecule has 0 aromatic heterocycles. The summed E-state index contributed by atoms with van der Waals surface area (Å²) in [5.41, 5.74) is 2.72. The zero-order chi connectivity index (χ0) is 18.2. The number of carboxylic acid groups (broad SMARTS) is 1. The molecule has 0 aliphatic carbocycles. The van der Waals surface area contributed by atoms with Crippen LogP contribution in [-0.2, 0) is 4.74 Å². The first-order valence-corrected chi connectivity index (χ1v) is 8.33. The van der Waals surface area contributed by atoms with Gasteiger partial charge in [-0.1, -0.05) is 31.9 Å².